The molecule has 12 heteroatoms. The first kappa shape index (κ1) is 22.5. The number of rotatable bonds is 5. The predicted octanol–water partition coefficient (Wildman–Crippen LogP) is 3.33. The molecule has 0 saturated carbocycles. The monoisotopic (exact) mass is 472 g/mol. The molecule has 3 heterocycles. The number of hydrogen-bond donors (Lipinski definition) is 1. The third-order valence-corrected chi connectivity index (χ3v) is 6.50. The van der Waals surface area contributed by atoms with E-state index in [2.05, 4.69) is 10.1 Å². The Labute approximate surface area is 182 Å². The van der Waals surface area contributed by atoms with Crippen molar-refractivity contribution in [2.24, 2.45) is 5.16 Å². The average molecular weight is 472 g/mol. The zero-order valence-electron chi connectivity index (χ0n) is 16.9. The van der Waals surface area contributed by atoms with E-state index in [4.69, 9.17) is 4.84 Å². The van der Waals surface area contributed by atoms with E-state index in [1.165, 1.54) is 6.07 Å². The number of nitrogens with one attached hydrogen (secondary N) is 1. The molecule has 0 amide bonds. The van der Waals surface area contributed by atoms with Crippen LogP contribution in [0.1, 0.15) is 30.2 Å². The molecule has 4 rings (SSSR count). The van der Waals surface area contributed by atoms with Crippen molar-refractivity contribution in [2.45, 2.75) is 37.7 Å². The van der Waals surface area contributed by atoms with Crippen LogP contribution in [-0.4, -0.2) is 49.0 Å². The van der Waals surface area contributed by atoms with Crippen LogP contribution in [-0.2, 0) is 14.9 Å². The maximum atomic E-state index is 14.4. The van der Waals surface area contributed by atoms with E-state index in [0.29, 0.717) is 30.1 Å². The van der Waals surface area contributed by atoms with E-state index in [-0.39, 0.29) is 24.1 Å². The Morgan fingerprint density at radius 2 is 1.97 bits per heavy atom. The maximum absolute atomic E-state index is 14.4. The fourth-order valence-corrected chi connectivity index (χ4v) is 4.62. The summed E-state index contributed by atoms with van der Waals surface area (Å²) in [5.74, 6) is -4.48. The van der Waals surface area contributed by atoms with E-state index in [1.807, 2.05) is 4.72 Å². The van der Waals surface area contributed by atoms with Gasteiger partial charge >= 0.3 is 5.76 Å². The van der Waals surface area contributed by atoms with Gasteiger partial charge in [0, 0.05) is 30.9 Å². The van der Waals surface area contributed by atoms with Gasteiger partial charge in [-0.05, 0) is 37.1 Å². The van der Waals surface area contributed by atoms with Crippen molar-refractivity contribution in [3.05, 3.63) is 53.4 Å². The molecule has 1 aromatic carbocycles. The van der Waals surface area contributed by atoms with Crippen LogP contribution < -0.4 is 4.72 Å². The first-order chi connectivity index (χ1) is 15.2. The molecule has 1 fully saturated rings. The van der Waals surface area contributed by atoms with Gasteiger partial charge in [-0.3, -0.25) is 4.98 Å². The van der Waals surface area contributed by atoms with Crippen LogP contribution in [0.25, 0.3) is 11.1 Å². The molecule has 2 aliphatic heterocycles. The van der Waals surface area contributed by atoms with E-state index in [0.717, 1.165) is 12.1 Å². The fourth-order valence-electron chi connectivity index (χ4n) is 3.86. The molecule has 1 N–H and O–H groups in total. The van der Waals surface area contributed by atoms with Gasteiger partial charge in [0.15, 0.2) is 6.10 Å². The van der Waals surface area contributed by atoms with Gasteiger partial charge in [-0.2, -0.15) is 8.78 Å². The van der Waals surface area contributed by atoms with E-state index < -0.39 is 39.6 Å². The minimum absolute atomic E-state index is 0.150. The Hall–Kier alpha value is -2.73. The lowest BCUT2D eigenvalue weighted by Crippen LogP contribution is -2.40. The number of halogens is 4. The summed E-state index contributed by atoms with van der Waals surface area (Å²) in [6, 6.07) is 4.53. The lowest BCUT2D eigenvalue weighted by atomic mass is 9.97. The number of oxime groups is 1. The van der Waals surface area contributed by atoms with Crippen LogP contribution in [0, 0.1) is 18.6 Å². The van der Waals surface area contributed by atoms with Crippen molar-refractivity contribution < 1.29 is 30.8 Å². The molecule has 32 heavy (non-hydrogen) atoms. The van der Waals surface area contributed by atoms with Gasteiger partial charge in [-0.15, -0.1) is 0 Å². The Morgan fingerprint density at radius 3 is 2.66 bits per heavy atom. The van der Waals surface area contributed by atoms with Crippen LogP contribution in [0.3, 0.4) is 0 Å². The normalized spacial score (nSPS) is 21.2. The van der Waals surface area contributed by atoms with Crippen LogP contribution >= 0.6 is 0 Å². The van der Waals surface area contributed by atoms with Gasteiger partial charge in [-0.1, -0.05) is 11.2 Å². The van der Waals surface area contributed by atoms with Crippen LogP contribution in [0.4, 0.5) is 17.6 Å². The first-order valence-corrected chi connectivity index (χ1v) is 11.4. The molecular weight excluding hydrogens is 452 g/mol. The number of alkyl halides is 2. The molecule has 0 radical (unpaired) electrons. The molecule has 1 saturated heterocycles. The molecule has 0 bridgehead atoms. The quantitative estimate of drug-likeness (QED) is 0.675. The molecule has 0 spiro atoms. The average Bonchev–Trinajstić information content (AvgIpc) is 3.37. The van der Waals surface area contributed by atoms with Crippen molar-refractivity contribution in [3.8, 4) is 11.1 Å². The van der Waals surface area contributed by atoms with Crippen molar-refractivity contribution in [1.29, 1.82) is 0 Å². The second kappa shape index (κ2) is 8.66. The van der Waals surface area contributed by atoms with E-state index >= 15 is 0 Å². The number of benzene rings is 1. The lowest BCUT2D eigenvalue weighted by molar-refractivity contribution is 0.0828. The summed E-state index contributed by atoms with van der Waals surface area (Å²) in [6.07, 6.45) is 1.40. The fraction of sp³-hybridized carbons (Fsp3) is 0.400. The van der Waals surface area contributed by atoms with Crippen molar-refractivity contribution in [3.63, 3.8) is 0 Å². The summed E-state index contributed by atoms with van der Waals surface area (Å²) < 4.78 is 78.9. The maximum Gasteiger partial charge on any atom is 0.350 e. The number of hydrogen-bond acceptors (Lipinski definition) is 6. The summed E-state index contributed by atoms with van der Waals surface area (Å²) in [7, 11) is -4.69. The number of sulfonamides is 1. The van der Waals surface area contributed by atoms with Crippen LogP contribution in [0.15, 0.2) is 35.6 Å². The summed E-state index contributed by atoms with van der Waals surface area (Å²) in [4.78, 5) is 11.6. The topological polar surface area (TPSA) is 83.9 Å². The zero-order valence-corrected chi connectivity index (χ0v) is 17.8. The minimum atomic E-state index is -4.69. The molecular formula is C20H20F4N4O3S. The Kier molecular flexibility index (Phi) is 6.08. The third kappa shape index (κ3) is 4.42. The van der Waals surface area contributed by atoms with Gasteiger partial charge < -0.3 is 9.74 Å². The Bertz CT molecular complexity index is 1140. The zero-order chi connectivity index (χ0) is 23.0. The van der Waals surface area contributed by atoms with Crippen molar-refractivity contribution >= 4 is 15.9 Å². The highest BCUT2D eigenvalue weighted by Gasteiger charge is 2.36. The summed E-state index contributed by atoms with van der Waals surface area (Å²) in [5.41, 5.74) is 1.07. The van der Waals surface area contributed by atoms with Crippen molar-refractivity contribution in [1.82, 2.24) is 14.6 Å². The third-order valence-electron chi connectivity index (χ3n) is 5.36. The highest BCUT2D eigenvalue weighted by atomic mass is 32.2. The molecule has 0 aliphatic carbocycles. The molecule has 2 aromatic rings. The SMILES string of the molecule is Cc1cnc([C@@H]2CC(N3CC[C@H](NS(=O)(=O)C(F)F)C3)=NO2)c(-c2c(F)cccc2F)c1. The summed E-state index contributed by atoms with van der Waals surface area (Å²) in [5, 5.41) is 4.03. The Morgan fingerprint density at radius 1 is 1.25 bits per heavy atom. The van der Waals surface area contributed by atoms with Crippen LogP contribution in [0.5, 0.6) is 0 Å². The second-order valence-corrected chi connectivity index (χ2v) is 9.39. The number of nitrogens with zero attached hydrogens (tertiary/aromatic N) is 3. The largest absolute Gasteiger partial charge is 0.384 e. The highest BCUT2D eigenvalue weighted by molar-refractivity contribution is 7.89. The lowest BCUT2D eigenvalue weighted by Gasteiger charge is -2.18. The van der Waals surface area contributed by atoms with Gasteiger partial charge in [0.2, 0.25) is 0 Å². The molecule has 2 aliphatic rings. The standard InChI is InChI=1S/C20H20F4N4O3S/c1-11-7-13(18-14(21)3-2-4-15(18)22)19(25-9-11)16-8-17(26-31-16)28-6-5-12(10-28)27-32(29,30)20(23)24/h2-4,7,9,12,16,20,27H,5-6,8,10H2,1H3/t12-,16-/m0/s1. The van der Waals surface area contributed by atoms with Crippen LogP contribution in [0.2, 0.25) is 0 Å². The van der Waals surface area contributed by atoms with E-state index in [9.17, 15) is 26.0 Å². The van der Waals surface area contributed by atoms with Gasteiger partial charge in [0.05, 0.1) is 17.7 Å². The number of aryl methyl sites for hydroxylation is 1. The van der Waals surface area contributed by atoms with Gasteiger partial charge in [0.1, 0.15) is 17.5 Å². The highest BCUT2D eigenvalue weighted by Crippen LogP contribution is 2.37. The van der Waals surface area contributed by atoms with Gasteiger partial charge in [0.25, 0.3) is 10.0 Å². The molecule has 0 unspecified atom stereocenters. The molecule has 1 aromatic heterocycles. The number of amidine groups is 1. The second-order valence-electron chi connectivity index (χ2n) is 7.70. The van der Waals surface area contributed by atoms with E-state index in [1.54, 1.807) is 24.1 Å². The predicted molar refractivity (Wildman–Crippen MR) is 108 cm³/mol. The number of likely N-dealkylation sites (tertiary alicyclic amines) is 1. The number of aromatic nitrogens is 1. The summed E-state index contributed by atoms with van der Waals surface area (Å²) >= 11 is 0. The Balaban J connectivity index is 1.51. The summed E-state index contributed by atoms with van der Waals surface area (Å²) in [6.45, 7) is 2.29. The molecule has 2 atom stereocenters. The number of pyridine rings is 1. The first-order valence-electron chi connectivity index (χ1n) is 9.83. The van der Waals surface area contributed by atoms with Crippen molar-refractivity contribution in [2.75, 3.05) is 13.1 Å². The smallest absolute Gasteiger partial charge is 0.350 e. The minimum Gasteiger partial charge on any atom is -0.384 e. The molecule has 172 valence electrons. The van der Waals surface area contributed by atoms with Gasteiger partial charge in [-0.25, -0.2) is 21.9 Å². The molecule has 7 nitrogen and oxygen atoms in total.